The maximum Gasteiger partial charge on any atom is 0.342 e. The van der Waals surface area contributed by atoms with Crippen molar-refractivity contribution in [2.75, 3.05) is 19.7 Å². The number of amides is 5. The van der Waals surface area contributed by atoms with Crippen LogP contribution in [0, 0.1) is 20.8 Å². The lowest BCUT2D eigenvalue weighted by Gasteiger charge is -2.41. The van der Waals surface area contributed by atoms with Crippen LogP contribution in [0.2, 0.25) is 5.02 Å². The summed E-state index contributed by atoms with van der Waals surface area (Å²) in [6, 6.07) is 19.9. The molecule has 1 fully saturated rings. The van der Waals surface area contributed by atoms with Crippen LogP contribution in [0.25, 0.3) is 5.00 Å². The number of aliphatic hydroxyl groups excluding tert-OH is 1. The molecule has 4 N–H and O–H groups in total. The molecule has 3 unspecified atom stereocenters. The van der Waals surface area contributed by atoms with Gasteiger partial charge in [0.25, 0.3) is 17.7 Å². The fraction of sp³-hybridized carbons (Fsp3) is 0.326. The van der Waals surface area contributed by atoms with E-state index in [4.69, 9.17) is 26.1 Å². The number of nitrogens with one attached hydrogen (secondary N) is 3. The van der Waals surface area contributed by atoms with Crippen molar-refractivity contribution in [2.45, 2.75) is 77.3 Å². The molecule has 5 amide bonds. The zero-order valence-electron chi connectivity index (χ0n) is 35.7. The first-order chi connectivity index (χ1) is 31.3. The van der Waals surface area contributed by atoms with Gasteiger partial charge in [0.1, 0.15) is 29.2 Å². The summed E-state index contributed by atoms with van der Waals surface area (Å²) < 4.78 is 13.3. The topological polar surface area (TPSA) is 224 Å². The lowest BCUT2D eigenvalue weighted by atomic mass is 9.86. The van der Waals surface area contributed by atoms with Gasteiger partial charge >= 0.3 is 5.97 Å². The molecule has 3 aromatic carbocycles. The van der Waals surface area contributed by atoms with Crippen molar-refractivity contribution < 1.29 is 43.3 Å². The number of thiophene rings is 1. The molecule has 8 rings (SSSR count). The number of esters is 1. The number of aliphatic hydroxyl groups is 1. The third-order valence-corrected chi connectivity index (χ3v) is 13.1. The highest BCUT2D eigenvalue weighted by molar-refractivity contribution is 7.15. The first kappa shape index (κ1) is 44.8. The van der Waals surface area contributed by atoms with Crippen LogP contribution in [-0.2, 0) is 35.3 Å². The number of rotatable bonds is 15. The number of aryl methyl sites for hydroxylation is 2. The van der Waals surface area contributed by atoms with E-state index in [2.05, 4.69) is 40.0 Å². The second kappa shape index (κ2) is 18.8. The standard InChI is InChI=1S/C46H45ClN8O9S/c1-25-26(2)65-43-37(25)39(29-14-16-30(47)17-15-29)50-32(40-53-52-27(3)54(40)43)22-35(57)48-20-7-8-21-49-36(58)24-63-33-13-9-12-31-38(33)42(60)55(41(31)59)46(19-18-34(56)51-44(46)61)45(62)64-23-28-10-5-4-6-11-28/h4-6,9-17,32,41,59H,7-8,18-24H2,1-3H3,(H,48,57)(H,49,58)(H,51,56,61). The summed E-state index contributed by atoms with van der Waals surface area (Å²) in [4.78, 5) is 86.8. The number of fused-ring (bicyclic) bond motifs is 4. The number of nitrogens with zero attached hydrogens (tertiary/aromatic N) is 5. The number of ether oxygens (including phenoxy) is 2. The van der Waals surface area contributed by atoms with Crippen molar-refractivity contribution in [3.63, 3.8) is 0 Å². The van der Waals surface area contributed by atoms with E-state index in [1.165, 1.54) is 18.2 Å². The molecule has 0 bridgehead atoms. The Morgan fingerprint density at radius 1 is 0.923 bits per heavy atom. The molecule has 0 saturated carbocycles. The first-order valence-corrected chi connectivity index (χ1v) is 22.2. The van der Waals surface area contributed by atoms with Crippen LogP contribution in [-0.4, -0.2) is 91.2 Å². The van der Waals surface area contributed by atoms with E-state index >= 15 is 0 Å². The summed E-state index contributed by atoms with van der Waals surface area (Å²) in [7, 11) is 0. The zero-order valence-corrected chi connectivity index (χ0v) is 37.3. The van der Waals surface area contributed by atoms with Gasteiger partial charge in [-0.2, -0.15) is 0 Å². The number of hydrogen-bond acceptors (Lipinski definition) is 13. The molecule has 0 radical (unpaired) electrons. The molecular formula is C46H45ClN8O9S. The number of benzene rings is 3. The Balaban J connectivity index is 0.849. The lowest BCUT2D eigenvalue weighted by molar-refractivity contribution is -0.173. The van der Waals surface area contributed by atoms with E-state index in [-0.39, 0.29) is 48.8 Å². The van der Waals surface area contributed by atoms with Crippen LogP contribution in [0.15, 0.2) is 77.8 Å². The van der Waals surface area contributed by atoms with E-state index in [0.29, 0.717) is 41.6 Å². The van der Waals surface area contributed by atoms with Crippen LogP contribution >= 0.6 is 22.9 Å². The number of hydrogen-bond donors (Lipinski definition) is 4. The quantitative estimate of drug-likeness (QED) is 0.0490. The molecule has 3 aliphatic heterocycles. The minimum Gasteiger partial charge on any atom is -0.483 e. The maximum absolute atomic E-state index is 14.1. The van der Waals surface area contributed by atoms with Gasteiger partial charge in [0.05, 0.1) is 17.7 Å². The average Bonchev–Trinajstić information content (AvgIpc) is 3.87. The van der Waals surface area contributed by atoms with Gasteiger partial charge in [0.2, 0.25) is 17.4 Å². The number of imide groups is 1. The van der Waals surface area contributed by atoms with Crippen LogP contribution < -0.4 is 20.7 Å². The number of carbonyl (C=O) groups excluding carboxylic acids is 6. The minimum atomic E-state index is -2.37. The van der Waals surface area contributed by atoms with E-state index in [0.717, 1.165) is 37.2 Å². The normalized spacial score (nSPS) is 18.8. The second-order valence-corrected chi connectivity index (χ2v) is 17.5. The largest absolute Gasteiger partial charge is 0.483 e. The Kier molecular flexibility index (Phi) is 12.9. The molecule has 5 heterocycles. The monoisotopic (exact) mass is 920 g/mol. The molecule has 5 aromatic rings. The highest BCUT2D eigenvalue weighted by atomic mass is 35.5. The summed E-state index contributed by atoms with van der Waals surface area (Å²) in [6.07, 6.45) is -1.40. The molecule has 65 heavy (non-hydrogen) atoms. The van der Waals surface area contributed by atoms with E-state index in [1.807, 2.05) is 35.8 Å². The van der Waals surface area contributed by atoms with Crippen molar-refractivity contribution in [1.29, 1.82) is 0 Å². The number of aliphatic imine (C=N–C) groups is 1. The molecule has 19 heteroatoms. The van der Waals surface area contributed by atoms with Gasteiger partial charge in [-0.05, 0) is 69.4 Å². The van der Waals surface area contributed by atoms with Crippen molar-refractivity contribution in [3.05, 3.63) is 128 Å². The fourth-order valence-corrected chi connectivity index (χ4v) is 9.55. The van der Waals surface area contributed by atoms with Crippen molar-refractivity contribution >= 4 is 64.2 Å². The van der Waals surface area contributed by atoms with Crippen LogP contribution in [0.1, 0.15) is 99.1 Å². The molecule has 0 aliphatic carbocycles. The van der Waals surface area contributed by atoms with Crippen molar-refractivity contribution in [1.82, 2.24) is 35.6 Å². The number of aromatic nitrogens is 3. The van der Waals surface area contributed by atoms with Crippen molar-refractivity contribution in [2.24, 2.45) is 4.99 Å². The third-order valence-electron chi connectivity index (χ3n) is 11.7. The van der Waals surface area contributed by atoms with E-state index in [9.17, 15) is 33.9 Å². The molecular weight excluding hydrogens is 876 g/mol. The van der Waals surface area contributed by atoms with Crippen molar-refractivity contribution in [3.8, 4) is 10.8 Å². The maximum atomic E-state index is 14.1. The first-order valence-electron chi connectivity index (χ1n) is 21.0. The molecule has 1 saturated heterocycles. The van der Waals surface area contributed by atoms with Gasteiger partial charge in [-0.3, -0.25) is 43.7 Å². The molecule has 3 atom stereocenters. The summed E-state index contributed by atoms with van der Waals surface area (Å²) in [5.74, 6) is -3.30. The van der Waals surface area contributed by atoms with Crippen LogP contribution in [0.5, 0.6) is 5.75 Å². The molecule has 17 nitrogen and oxygen atoms in total. The van der Waals surface area contributed by atoms with Gasteiger partial charge in [-0.15, -0.1) is 21.5 Å². The Labute approximate surface area is 382 Å². The van der Waals surface area contributed by atoms with Gasteiger partial charge < -0.3 is 25.2 Å². The predicted octanol–water partition coefficient (Wildman–Crippen LogP) is 4.65. The van der Waals surface area contributed by atoms with Crippen LogP contribution in [0.4, 0.5) is 0 Å². The third kappa shape index (κ3) is 8.76. The summed E-state index contributed by atoms with van der Waals surface area (Å²) in [6.45, 7) is 5.89. The van der Waals surface area contributed by atoms with Gasteiger partial charge in [0, 0.05) is 46.1 Å². The average molecular weight is 921 g/mol. The Bertz CT molecular complexity index is 2740. The van der Waals surface area contributed by atoms with Gasteiger partial charge in [-0.1, -0.05) is 66.2 Å². The van der Waals surface area contributed by atoms with E-state index in [1.54, 1.807) is 41.7 Å². The number of unbranched alkanes of at least 4 members (excludes halogenated alkanes) is 1. The summed E-state index contributed by atoms with van der Waals surface area (Å²) >= 11 is 7.86. The fourth-order valence-electron chi connectivity index (χ4n) is 8.21. The molecule has 0 spiro atoms. The van der Waals surface area contributed by atoms with Gasteiger partial charge in [-0.25, -0.2) is 4.79 Å². The number of carbonyl (C=O) groups is 6. The Morgan fingerprint density at radius 3 is 2.37 bits per heavy atom. The molecule has 3 aliphatic rings. The highest BCUT2D eigenvalue weighted by Crippen LogP contribution is 2.44. The van der Waals surface area contributed by atoms with Gasteiger partial charge in [0.15, 0.2) is 18.7 Å². The molecule has 2 aromatic heterocycles. The lowest BCUT2D eigenvalue weighted by Crippen LogP contribution is -2.68. The SMILES string of the molecule is Cc1sc2c(c1C)C(c1ccc(Cl)cc1)=NC(CC(=O)NCCCCNC(=O)COc1cccc3c1C(=O)N(C1(C(=O)OCc4ccccc4)CCC(=O)NC1=O)C3O)c1nnc(C)n1-2. The Morgan fingerprint density at radius 2 is 1.65 bits per heavy atom. The highest BCUT2D eigenvalue weighted by Gasteiger charge is 2.61. The number of piperidine rings is 1. The zero-order chi connectivity index (χ0) is 46.0. The predicted molar refractivity (Wildman–Crippen MR) is 238 cm³/mol. The summed E-state index contributed by atoms with van der Waals surface area (Å²) in [5.41, 5.74) is 1.83. The minimum absolute atomic E-state index is 0.0307. The Hall–Kier alpha value is -6.76. The van der Waals surface area contributed by atoms with Crippen LogP contribution in [0.3, 0.4) is 0 Å². The summed E-state index contributed by atoms with van der Waals surface area (Å²) in [5, 5.41) is 29.7. The van der Waals surface area contributed by atoms with E-state index < -0.39 is 60.4 Å². The molecule has 336 valence electrons. The second-order valence-electron chi connectivity index (χ2n) is 15.9. The smallest absolute Gasteiger partial charge is 0.342 e. The number of halogens is 1.